The molecule has 0 N–H and O–H groups in total. The van der Waals surface area contributed by atoms with Crippen LogP contribution in [0.3, 0.4) is 0 Å². The molecule has 2 heterocycles. The average Bonchev–Trinajstić information content (AvgIpc) is 3.01. The van der Waals surface area contributed by atoms with Crippen molar-refractivity contribution >= 4 is 17.5 Å². The Hall–Kier alpha value is -1.74. The van der Waals surface area contributed by atoms with Gasteiger partial charge in [-0.05, 0) is 43.5 Å². The van der Waals surface area contributed by atoms with Gasteiger partial charge in [-0.25, -0.2) is 0 Å². The van der Waals surface area contributed by atoms with Gasteiger partial charge in [0, 0.05) is 18.7 Å². The van der Waals surface area contributed by atoms with E-state index in [2.05, 4.69) is 0 Å². The normalized spacial score (nSPS) is 15.3. The first-order chi connectivity index (χ1) is 9.75. The van der Waals surface area contributed by atoms with E-state index in [1.807, 2.05) is 23.1 Å². The fraction of sp³-hybridized carbons (Fsp3) is 0.312. The topological polar surface area (TPSA) is 33.5 Å². The number of piperidine rings is 1. The fourth-order valence-corrected chi connectivity index (χ4v) is 2.81. The molecule has 0 spiro atoms. The number of hydrogen-bond donors (Lipinski definition) is 0. The summed E-state index contributed by atoms with van der Waals surface area (Å²) in [6.45, 7) is 1.66. The molecule has 1 fully saturated rings. The van der Waals surface area contributed by atoms with E-state index >= 15 is 0 Å². The number of benzene rings is 1. The summed E-state index contributed by atoms with van der Waals surface area (Å²) in [4.78, 5) is 14.3. The number of carbonyl (C=O) groups is 1. The van der Waals surface area contributed by atoms with Crippen molar-refractivity contribution in [3.05, 3.63) is 47.2 Å². The maximum atomic E-state index is 12.4. The van der Waals surface area contributed by atoms with Crippen molar-refractivity contribution in [3.8, 4) is 11.3 Å². The van der Waals surface area contributed by atoms with E-state index in [1.165, 1.54) is 6.42 Å². The molecule has 0 radical (unpaired) electrons. The van der Waals surface area contributed by atoms with Crippen LogP contribution in [0.5, 0.6) is 0 Å². The van der Waals surface area contributed by atoms with E-state index in [0.29, 0.717) is 10.6 Å². The molecule has 0 bridgehead atoms. The molecule has 1 aliphatic rings. The third-order valence-electron chi connectivity index (χ3n) is 3.65. The smallest absolute Gasteiger partial charge is 0.255 e. The van der Waals surface area contributed by atoms with E-state index in [-0.39, 0.29) is 5.91 Å². The number of likely N-dealkylation sites (tertiary alicyclic amines) is 1. The maximum absolute atomic E-state index is 12.4. The van der Waals surface area contributed by atoms with Crippen LogP contribution in [-0.2, 0) is 0 Å². The van der Waals surface area contributed by atoms with Crippen molar-refractivity contribution in [1.29, 1.82) is 0 Å². The Morgan fingerprint density at radius 1 is 1.15 bits per heavy atom. The van der Waals surface area contributed by atoms with Crippen LogP contribution in [-0.4, -0.2) is 23.9 Å². The molecule has 0 atom stereocenters. The highest BCUT2D eigenvalue weighted by Gasteiger charge is 2.20. The molecule has 1 aromatic heterocycles. The van der Waals surface area contributed by atoms with Gasteiger partial charge in [-0.15, -0.1) is 0 Å². The van der Waals surface area contributed by atoms with Crippen molar-refractivity contribution in [3.63, 3.8) is 0 Å². The number of hydrogen-bond acceptors (Lipinski definition) is 2. The molecular formula is C16H16ClNO2. The first-order valence-corrected chi connectivity index (χ1v) is 7.26. The Balaban J connectivity index is 1.85. The number of rotatable bonds is 2. The van der Waals surface area contributed by atoms with Crippen LogP contribution in [0.1, 0.15) is 29.6 Å². The zero-order valence-electron chi connectivity index (χ0n) is 11.1. The second-order valence-corrected chi connectivity index (χ2v) is 5.43. The summed E-state index contributed by atoms with van der Waals surface area (Å²) in [7, 11) is 0. The monoisotopic (exact) mass is 289 g/mol. The van der Waals surface area contributed by atoms with Crippen LogP contribution in [0.2, 0.25) is 5.02 Å². The molecule has 1 aliphatic heterocycles. The molecule has 3 nitrogen and oxygen atoms in total. The van der Waals surface area contributed by atoms with Crippen molar-refractivity contribution in [2.24, 2.45) is 0 Å². The van der Waals surface area contributed by atoms with Crippen LogP contribution < -0.4 is 0 Å². The van der Waals surface area contributed by atoms with E-state index < -0.39 is 0 Å². The van der Waals surface area contributed by atoms with Crippen molar-refractivity contribution < 1.29 is 9.21 Å². The summed E-state index contributed by atoms with van der Waals surface area (Å²) in [6.07, 6.45) is 4.98. The Kier molecular flexibility index (Phi) is 3.79. The van der Waals surface area contributed by atoms with E-state index in [4.69, 9.17) is 16.0 Å². The minimum absolute atomic E-state index is 0.0284. The molecule has 1 amide bonds. The minimum atomic E-state index is 0.0284. The van der Waals surface area contributed by atoms with Crippen LogP contribution in [0.25, 0.3) is 11.3 Å². The Morgan fingerprint density at radius 3 is 2.60 bits per heavy atom. The van der Waals surface area contributed by atoms with Gasteiger partial charge in [0.1, 0.15) is 5.76 Å². The predicted molar refractivity (Wildman–Crippen MR) is 78.9 cm³/mol. The fourth-order valence-electron chi connectivity index (χ4n) is 2.55. The van der Waals surface area contributed by atoms with Gasteiger partial charge >= 0.3 is 0 Å². The van der Waals surface area contributed by atoms with Gasteiger partial charge in [0.15, 0.2) is 0 Å². The summed E-state index contributed by atoms with van der Waals surface area (Å²) in [5.74, 6) is 0.782. The van der Waals surface area contributed by atoms with E-state index in [9.17, 15) is 4.79 Å². The largest absolute Gasteiger partial charge is 0.464 e. The molecular weight excluding hydrogens is 274 g/mol. The van der Waals surface area contributed by atoms with Gasteiger partial charge in [0.2, 0.25) is 0 Å². The standard InChI is InChI=1S/C16H16ClNO2/c17-14-11-12(15-5-4-10-20-15)6-7-13(14)16(19)18-8-2-1-3-9-18/h4-7,10-11H,1-3,8-9H2. The highest BCUT2D eigenvalue weighted by atomic mass is 35.5. The van der Waals surface area contributed by atoms with Crippen molar-refractivity contribution in [1.82, 2.24) is 4.90 Å². The number of amides is 1. The highest BCUT2D eigenvalue weighted by molar-refractivity contribution is 6.34. The number of halogens is 1. The maximum Gasteiger partial charge on any atom is 0.255 e. The zero-order chi connectivity index (χ0) is 13.9. The molecule has 1 aromatic carbocycles. The highest BCUT2D eigenvalue weighted by Crippen LogP contribution is 2.27. The average molecular weight is 290 g/mol. The molecule has 20 heavy (non-hydrogen) atoms. The molecule has 4 heteroatoms. The van der Waals surface area contributed by atoms with Gasteiger partial charge in [0.25, 0.3) is 5.91 Å². The second-order valence-electron chi connectivity index (χ2n) is 5.02. The molecule has 0 unspecified atom stereocenters. The molecule has 0 aliphatic carbocycles. The van der Waals surface area contributed by atoms with E-state index in [0.717, 1.165) is 37.3 Å². The van der Waals surface area contributed by atoms with Crippen LogP contribution >= 0.6 is 11.6 Å². The quantitative estimate of drug-likeness (QED) is 0.829. The minimum Gasteiger partial charge on any atom is -0.464 e. The van der Waals surface area contributed by atoms with Gasteiger partial charge in [-0.1, -0.05) is 17.7 Å². The van der Waals surface area contributed by atoms with Gasteiger partial charge < -0.3 is 9.32 Å². The third kappa shape index (κ3) is 2.59. The number of furan rings is 1. The summed E-state index contributed by atoms with van der Waals surface area (Å²) in [5.41, 5.74) is 1.46. The third-order valence-corrected chi connectivity index (χ3v) is 3.96. The predicted octanol–water partition coefficient (Wildman–Crippen LogP) is 4.23. The van der Waals surface area contributed by atoms with Gasteiger partial charge in [-0.2, -0.15) is 0 Å². The number of nitrogens with zero attached hydrogens (tertiary/aromatic N) is 1. The Morgan fingerprint density at radius 2 is 1.95 bits per heavy atom. The Labute approximate surface area is 123 Å². The molecule has 0 saturated carbocycles. The molecule has 2 aromatic rings. The lowest BCUT2D eigenvalue weighted by Gasteiger charge is -2.27. The summed E-state index contributed by atoms with van der Waals surface area (Å²) < 4.78 is 5.34. The lowest BCUT2D eigenvalue weighted by molar-refractivity contribution is 0.0724. The van der Waals surface area contributed by atoms with Gasteiger partial charge in [-0.3, -0.25) is 4.79 Å². The lowest BCUT2D eigenvalue weighted by atomic mass is 10.1. The zero-order valence-corrected chi connectivity index (χ0v) is 11.9. The SMILES string of the molecule is O=C(c1ccc(-c2ccco2)cc1Cl)N1CCCCC1. The molecule has 104 valence electrons. The van der Waals surface area contributed by atoms with Crippen LogP contribution in [0.15, 0.2) is 41.0 Å². The molecule has 3 rings (SSSR count). The van der Waals surface area contributed by atoms with Crippen molar-refractivity contribution in [2.45, 2.75) is 19.3 Å². The second kappa shape index (κ2) is 5.71. The number of carbonyl (C=O) groups excluding carboxylic acids is 1. The van der Waals surface area contributed by atoms with Crippen molar-refractivity contribution in [2.75, 3.05) is 13.1 Å². The van der Waals surface area contributed by atoms with E-state index in [1.54, 1.807) is 18.4 Å². The first kappa shape index (κ1) is 13.3. The lowest BCUT2D eigenvalue weighted by Crippen LogP contribution is -2.35. The first-order valence-electron chi connectivity index (χ1n) is 6.88. The summed E-state index contributed by atoms with van der Waals surface area (Å²) in [6, 6.07) is 9.16. The van der Waals surface area contributed by atoms with Gasteiger partial charge in [0.05, 0.1) is 16.8 Å². The summed E-state index contributed by atoms with van der Waals surface area (Å²) in [5, 5.41) is 0.481. The van der Waals surface area contributed by atoms with Crippen LogP contribution in [0, 0.1) is 0 Å². The molecule has 1 saturated heterocycles. The Bertz CT molecular complexity index is 601. The van der Waals surface area contributed by atoms with Crippen LogP contribution in [0.4, 0.5) is 0 Å². The summed E-state index contributed by atoms with van der Waals surface area (Å²) >= 11 is 6.27.